The predicted octanol–water partition coefficient (Wildman–Crippen LogP) is 0.335. The zero-order valence-corrected chi connectivity index (χ0v) is 6.70. The molecule has 0 aromatic heterocycles. The van der Waals surface area contributed by atoms with E-state index in [0.29, 0.717) is 0 Å². The van der Waals surface area contributed by atoms with Crippen LogP contribution in [0.4, 0.5) is 0 Å². The summed E-state index contributed by atoms with van der Waals surface area (Å²) in [6.45, 7) is 5.51. The van der Waals surface area contributed by atoms with Crippen molar-refractivity contribution in [3.8, 4) is 0 Å². The van der Waals surface area contributed by atoms with E-state index in [9.17, 15) is 5.21 Å². The predicted molar refractivity (Wildman–Crippen MR) is 42.5 cm³/mol. The molecule has 0 aliphatic rings. The topological polar surface area (TPSA) is 61.9 Å². The van der Waals surface area contributed by atoms with Gasteiger partial charge in [0.1, 0.15) is 0 Å². The minimum atomic E-state index is -0.325. The summed E-state index contributed by atoms with van der Waals surface area (Å²) in [5.41, 5.74) is -0.325. The molecular formula is C5H14N3NaO2. The second-order valence-electron chi connectivity index (χ2n) is 3.04. The third-order valence-corrected chi connectivity index (χ3v) is 1.30. The fraction of sp³-hybridized carbons (Fsp3) is 1.00. The number of hydrogen-bond donors (Lipinski definition) is 1. The van der Waals surface area contributed by atoms with Crippen molar-refractivity contribution in [1.29, 1.82) is 0 Å². The Morgan fingerprint density at radius 1 is 1.45 bits per heavy atom. The van der Waals surface area contributed by atoms with E-state index in [1.54, 1.807) is 7.05 Å². The quantitative estimate of drug-likeness (QED) is 0.268. The van der Waals surface area contributed by atoms with Crippen LogP contribution in [0.25, 0.3) is 0 Å². The molecule has 5 nitrogen and oxygen atoms in total. The molecule has 0 spiro atoms. The van der Waals surface area contributed by atoms with Crippen LogP contribution in [0.5, 0.6) is 0 Å². The average Bonchev–Trinajstić information content (AvgIpc) is 1.83. The van der Waals surface area contributed by atoms with Crippen LogP contribution >= 0.6 is 0 Å². The molecule has 0 radical (unpaired) electrons. The van der Waals surface area contributed by atoms with Gasteiger partial charge < -0.3 is 10.4 Å². The van der Waals surface area contributed by atoms with Gasteiger partial charge in [0.2, 0.25) is 5.28 Å². The molecule has 0 bridgehead atoms. The third kappa shape index (κ3) is 4.44. The average molecular weight is 171 g/mol. The van der Waals surface area contributed by atoms with Gasteiger partial charge >= 0.3 is 29.6 Å². The summed E-state index contributed by atoms with van der Waals surface area (Å²) in [7, 11) is 1.55. The maximum absolute atomic E-state index is 10.6. The molecule has 0 amide bonds. The van der Waals surface area contributed by atoms with Gasteiger partial charge in [-0.1, -0.05) is 0 Å². The standard InChI is InChI=1S/C5H13N3O2.Na.H/c1-5(2,3)7(4)8(10)6-9;;/h9H,1-4H3;;. The Bertz CT molecular complexity index is 143. The Balaban J connectivity index is 0. The summed E-state index contributed by atoms with van der Waals surface area (Å²) in [6, 6.07) is 0. The first kappa shape index (κ1) is 13.6. The van der Waals surface area contributed by atoms with E-state index in [1.807, 2.05) is 20.8 Å². The molecule has 0 aromatic rings. The van der Waals surface area contributed by atoms with Crippen LogP contribution in [-0.2, 0) is 0 Å². The van der Waals surface area contributed by atoms with Crippen LogP contribution in [0.3, 0.4) is 0 Å². The van der Waals surface area contributed by atoms with Gasteiger partial charge in [-0.15, -0.1) is 5.01 Å². The molecule has 1 N–H and O–H groups in total. The molecule has 0 atom stereocenters. The summed E-state index contributed by atoms with van der Waals surface area (Å²) in [6.07, 6.45) is 0. The van der Waals surface area contributed by atoms with Crippen molar-refractivity contribution in [2.75, 3.05) is 7.05 Å². The van der Waals surface area contributed by atoms with Gasteiger partial charge in [0.25, 0.3) is 0 Å². The van der Waals surface area contributed by atoms with Gasteiger partial charge in [0, 0.05) is 0 Å². The van der Waals surface area contributed by atoms with Gasteiger partial charge in [-0.3, -0.25) is 0 Å². The van der Waals surface area contributed by atoms with Crippen LogP contribution < -0.4 is 0 Å². The molecule has 11 heavy (non-hydrogen) atoms. The third-order valence-electron chi connectivity index (χ3n) is 1.30. The van der Waals surface area contributed by atoms with E-state index >= 15 is 0 Å². The number of hydrazine groups is 1. The normalized spacial score (nSPS) is 12.2. The molecule has 0 fully saturated rings. The minimum absolute atomic E-state index is 0. The van der Waals surface area contributed by atoms with Crippen LogP contribution in [0.1, 0.15) is 20.8 Å². The fourth-order valence-corrected chi connectivity index (χ4v) is 0.317. The molecule has 0 saturated carbocycles. The fourth-order valence-electron chi connectivity index (χ4n) is 0.317. The van der Waals surface area contributed by atoms with E-state index < -0.39 is 0 Å². The first-order chi connectivity index (χ1) is 4.39. The van der Waals surface area contributed by atoms with Gasteiger partial charge in [0.05, 0.1) is 17.6 Å². The Kier molecular flexibility index (Phi) is 5.92. The summed E-state index contributed by atoms with van der Waals surface area (Å²) in [5.74, 6) is 0. The molecule has 0 heterocycles. The summed E-state index contributed by atoms with van der Waals surface area (Å²) in [5, 5.41) is 22.4. The SMILES string of the molecule is CN([N+]([O-])=NO)C(C)(C)C.[NaH]. The summed E-state index contributed by atoms with van der Waals surface area (Å²) in [4.78, 5) is 0.139. The van der Waals surface area contributed by atoms with Crippen molar-refractivity contribution in [2.45, 2.75) is 26.3 Å². The number of nitrogens with zero attached hydrogens (tertiary/aromatic N) is 3. The molecule has 0 aromatic carbocycles. The molecule has 0 aliphatic carbocycles. The van der Waals surface area contributed by atoms with Crippen molar-refractivity contribution in [3.05, 3.63) is 5.21 Å². The molecular weight excluding hydrogens is 157 g/mol. The second kappa shape index (κ2) is 4.79. The Hall–Kier alpha value is 0. The van der Waals surface area contributed by atoms with Crippen molar-refractivity contribution in [1.82, 2.24) is 5.01 Å². The van der Waals surface area contributed by atoms with Crippen LogP contribution in [0, 0.1) is 5.21 Å². The van der Waals surface area contributed by atoms with E-state index in [2.05, 4.69) is 5.28 Å². The van der Waals surface area contributed by atoms with Gasteiger partial charge in [0.15, 0.2) is 0 Å². The first-order valence-electron chi connectivity index (χ1n) is 2.95. The number of rotatable bonds is 1. The molecule has 62 valence electrons. The Morgan fingerprint density at radius 2 is 1.82 bits per heavy atom. The zero-order chi connectivity index (χ0) is 8.36. The summed E-state index contributed by atoms with van der Waals surface area (Å²) < 4.78 is 0. The van der Waals surface area contributed by atoms with Crippen molar-refractivity contribution < 1.29 is 10.2 Å². The second-order valence-corrected chi connectivity index (χ2v) is 3.04. The maximum atomic E-state index is 10.6. The molecule has 0 saturated heterocycles. The molecule has 6 heteroatoms. The molecule has 0 unspecified atom stereocenters. The van der Waals surface area contributed by atoms with E-state index in [4.69, 9.17) is 5.21 Å². The van der Waals surface area contributed by atoms with Crippen molar-refractivity contribution in [3.63, 3.8) is 0 Å². The van der Waals surface area contributed by atoms with Crippen molar-refractivity contribution >= 4 is 29.6 Å². The van der Waals surface area contributed by atoms with E-state index in [-0.39, 0.29) is 40.1 Å². The van der Waals surface area contributed by atoms with Gasteiger partial charge in [-0.2, -0.15) is 0 Å². The monoisotopic (exact) mass is 171 g/mol. The van der Waals surface area contributed by atoms with E-state index in [0.717, 1.165) is 0 Å². The molecule has 0 aliphatic heterocycles. The summed E-state index contributed by atoms with van der Waals surface area (Å²) >= 11 is 0. The Labute approximate surface area is 88.5 Å². The molecule has 0 rings (SSSR count). The zero-order valence-electron chi connectivity index (χ0n) is 6.70. The van der Waals surface area contributed by atoms with Crippen LogP contribution in [-0.4, -0.2) is 57.3 Å². The number of hydrogen-bond acceptors (Lipinski definition) is 2. The van der Waals surface area contributed by atoms with Crippen LogP contribution in [0.2, 0.25) is 0 Å². The van der Waals surface area contributed by atoms with Gasteiger partial charge in [-0.05, 0) is 20.8 Å². The van der Waals surface area contributed by atoms with Crippen LogP contribution in [0.15, 0.2) is 5.28 Å². The van der Waals surface area contributed by atoms with Crippen molar-refractivity contribution in [2.24, 2.45) is 5.28 Å². The first-order valence-corrected chi connectivity index (χ1v) is 2.95. The Morgan fingerprint density at radius 3 is 1.91 bits per heavy atom. The van der Waals surface area contributed by atoms with E-state index in [1.165, 1.54) is 5.01 Å². The van der Waals surface area contributed by atoms with Gasteiger partial charge in [-0.25, -0.2) is 0 Å².